The van der Waals surface area contributed by atoms with Gasteiger partial charge in [-0.2, -0.15) is 0 Å². The Morgan fingerprint density at radius 1 is 0.885 bits per heavy atom. The number of hydrogen-bond acceptors (Lipinski definition) is 2. The topological polar surface area (TPSA) is 74.6 Å². The third-order valence-corrected chi connectivity index (χ3v) is 6.22. The molecule has 0 aromatic heterocycles. The van der Waals surface area contributed by atoms with E-state index in [2.05, 4.69) is 11.8 Å². The summed E-state index contributed by atoms with van der Waals surface area (Å²) in [4.78, 5) is 24.0. The van der Waals surface area contributed by atoms with Gasteiger partial charge in [0.15, 0.2) is 0 Å². The molecular formula is C20H22Cl2O4. The van der Waals surface area contributed by atoms with Crippen LogP contribution < -0.4 is 0 Å². The Balaban J connectivity index is 0.00000121. The molecule has 4 aliphatic rings. The fourth-order valence-electron chi connectivity index (χ4n) is 5.78. The standard InChI is InChI=1S/C20H20O4.2ClH/c21-16(22)19-9-15-8-18(11-19,7-6-14-4-2-1-3-5-14)12-20(10-15,13-19)17(23)24;;/h1-5,15H,8-13H2,(H,21,22)(H,23,24);2*1H. The highest BCUT2D eigenvalue weighted by molar-refractivity contribution is 5.85. The van der Waals surface area contributed by atoms with Crippen LogP contribution in [0.2, 0.25) is 0 Å². The van der Waals surface area contributed by atoms with Gasteiger partial charge in [0.25, 0.3) is 0 Å². The minimum atomic E-state index is -0.914. The summed E-state index contributed by atoms with van der Waals surface area (Å²) in [5, 5.41) is 19.7. The largest absolute Gasteiger partial charge is 0.481 e. The Bertz CT molecular complexity index is 750. The van der Waals surface area contributed by atoms with Crippen molar-refractivity contribution in [3.05, 3.63) is 35.9 Å². The monoisotopic (exact) mass is 396 g/mol. The molecule has 0 aliphatic heterocycles. The number of benzene rings is 1. The van der Waals surface area contributed by atoms with Gasteiger partial charge in [0.2, 0.25) is 0 Å². The van der Waals surface area contributed by atoms with E-state index in [-0.39, 0.29) is 37.2 Å². The maximum atomic E-state index is 12.0. The molecule has 0 radical (unpaired) electrons. The van der Waals surface area contributed by atoms with E-state index in [1.54, 1.807) is 0 Å². The van der Waals surface area contributed by atoms with Crippen molar-refractivity contribution in [1.29, 1.82) is 0 Å². The lowest BCUT2D eigenvalue weighted by molar-refractivity contribution is -0.194. The molecule has 1 aromatic carbocycles. The van der Waals surface area contributed by atoms with E-state index in [9.17, 15) is 19.8 Å². The van der Waals surface area contributed by atoms with Crippen molar-refractivity contribution in [2.45, 2.75) is 38.5 Å². The molecule has 6 heteroatoms. The minimum Gasteiger partial charge on any atom is -0.481 e. The second kappa shape index (κ2) is 6.79. The maximum absolute atomic E-state index is 12.0. The molecule has 0 saturated heterocycles. The SMILES string of the molecule is Cl.Cl.O=C(O)C12CC3CC(C#Cc4ccccc4)(C1)CC(C(=O)O)(C3)C2. The van der Waals surface area contributed by atoms with Crippen molar-refractivity contribution in [3.8, 4) is 11.8 Å². The Hall–Kier alpha value is -1.70. The van der Waals surface area contributed by atoms with Crippen LogP contribution in [0.1, 0.15) is 44.1 Å². The number of carbonyl (C=O) groups is 2. The van der Waals surface area contributed by atoms with Gasteiger partial charge in [-0.3, -0.25) is 9.59 Å². The summed E-state index contributed by atoms with van der Waals surface area (Å²) in [6, 6.07) is 9.61. The Morgan fingerprint density at radius 3 is 1.92 bits per heavy atom. The summed E-state index contributed by atoms with van der Waals surface area (Å²) in [5.74, 6) is 4.97. The summed E-state index contributed by atoms with van der Waals surface area (Å²) in [5.41, 5.74) is -1.42. The second-order valence-electron chi connectivity index (χ2n) is 8.08. The van der Waals surface area contributed by atoms with Crippen molar-refractivity contribution in [2.75, 3.05) is 0 Å². The molecule has 4 bridgehead atoms. The maximum Gasteiger partial charge on any atom is 0.309 e. The quantitative estimate of drug-likeness (QED) is 0.740. The van der Waals surface area contributed by atoms with Crippen LogP contribution in [-0.2, 0) is 9.59 Å². The fourth-order valence-corrected chi connectivity index (χ4v) is 5.78. The molecule has 4 nitrogen and oxygen atoms in total. The van der Waals surface area contributed by atoms with E-state index in [1.165, 1.54) is 0 Å². The Labute approximate surface area is 165 Å². The van der Waals surface area contributed by atoms with Crippen molar-refractivity contribution in [2.24, 2.45) is 22.2 Å². The number of carboxylic acids is 2. The molecule has 140 valence electrons. The molecule has 2 N–H and O–H groups in total. The van der Waals surface area contributed by atoms with Crippen molar-refractivity contribution in [1.82, 2.24) is 0 Å². The van der Waals surface area contributed by atoms with Gasteiger partial charge >= 0.3 is 11.9 Å². The van der Waals surface area contributed by atoms with Gasteiger partial charge in [0, 0.05) is 11.0 Å². The highest BCUT2D eigenvalue weighted by Crippen LogP contribution is 2.69. The molecule has 5 rings (SSSR count). The first-order valence-corrected chi connectivity index (χ1v) is 8.42. The highest BCUT2D eigenvalue weighted by atomic mass is 35.5. The van der Waals surface area contributed by atoms with Crippen LogP contribution in [0, 0.1) is 34.0 Å². The van der Waals surface area contributed by atoms with E-state index in [0.717, 1.165) is 12.0 Å². The summed E-state index contributed by atoms with van der Waals surface area (Å²) >= 11 is 0. The van der Waals surface area contributed by atoms with E-state index in [1.807, 2.05) is 30.3 Å². The number of halogens is 2. The second-order valence-corrected chi connectivity index (χ2v) is 8.08. The average molecular weight is 397 g/mol. The third kappa shape index (κ3) is 3.08. The van der Waals surface area contributed by atoms with E-state index in [4.69, 9.17) is 0 Å². The number of aliphatic carboxylic acids is 2. The van der Waals surface area contributed by atoms with Gasteiger partial charge in [-0.1, -0.05) is 30.0 Å². The first kappa shape index (κ1) is 20.6. The number of hydrogen-bond donors (Lipinski definition) is 2. The smallest absolute Gasteiger partial charge is 0.309 e. The van der Waals surface area contributed by atoms with Gasteiger partial charge in [-0.15, -0.1) is 24.8 Å². The zero-order valence-electron chi connectivity index (χ0n) is 14.2. The first-order valence-electron chi connectivity index (χ1n) is 8.42. The zero-order chi connectivity index (χ0) is 17.0. The molecule has 0 heterocycles. The van der Waals surface area contributed by atoms with Crippen molar-refractivity contribution in [3.63, 3.8) is 0 Å². The minimum absolute atomic E-state index is 0. The summed E-state index contributed by atoms with van der Waals surface area (Å²) in [7, 11) is 0. The molecular weight excluding hydrogens is 375 g/mol. The highest BCUT2D eigenvalue weighted by Gasteiger charge is 2.68. The molecule has 4 fully saturated rings. The Morgan fingerprint density at radius 2 is 1.42 bits per heavy atom. The van der Waals surface area contributed by atoms with Crippen LogP contribution in [0.3, 0.4) is 0 Å². The summed E-state index contributed by atoms with van der Waals surface area (Å²) < 4.78 is 0. The van der Waals surface area contributed by atoms with Crippen LogP contribution in [0.25, 0.3) is 0 Å². The predicted molar refractivity (Wildman–Crippen MR) is 102 cm³/mol. The lowest BCUT2D eigenvalue weighted by atomic mass is 9.39. The fraction of sp³-hybridized carbons (Fsp3) is 0.500. The zero-order valence-corrected chi connectivity index (χ0v) is 15.9. The van der Waals surface area contributed by atoms with Crippen LogP contribution in [0.5, 0.6) is 0 Å². The number of carboxylic acid groups (broad SMARTS) is 2. The Kier molecular flexibility index (Phi) is 5.38. The van der Waals surface area contributed by atoms with Crippen molar-refractivity contribution < 1.29 is 19.8 Å². The number of rotatable bonds is 2. The molecule has 2 atom stereocenters. The van der Waals surface area contributed by atoms with Crippen LogP contribution in [0.15, 0.2) is 30.3 Å². The summed E-state index contributed by atoms with van der Waals surface area (Å²) in [6.45, 7) is 0. The molecule has 4 aliphatic carbocycles. The molecule has 0 amide bonds. The molecule has 4 saturated carbocycles. The van der Waals surface area contributed by atoms with Gasteiger partial charge in [0.05, 0.1) is 10.8 Å². The predicted octanol–water partition coefficient (Wildman–Crippen LogP) is 4.01. The lowest BCUT2D eigenvalue weighted by Crippen LogP contribution is -2.61. The van der Waals surface area contributed by atoms with Gasteiger partial charge in [0.1, 0.15) is 0 Å². The first-order chi connectivity index (χ1) is 11.4. The van der Waals surface area contributed by atoms with Gasteiger partial charge in [-0.05, 0) is 56.6 Å². The molecule has 1 aromatic rings. The van der Waals surface area contributed by atoms with Crippen molar-refractivity contribution >= 4 is 36.8 Å². The molecule has 0 spiro atoms. The lowest BCUT2D eigenvalue weighted by Gasteiger charge is -2.62. The average Bonchev–Trinajstić information content (AvgIpc) is 2.53. The third-order valence-electron chi connectivity index (χ3n) is 6.22. The molecule has 26 heavy (non-hydrogen) atoms. The normalized spacial score (nSPS) is 36.1. The molecule has 2 unspecified atom stereocenters. The van der Waals surface area contributed by atoms with Gasteiger partial charge < -0.3 is 10.2 Å². The van der Waals surface area contributed by atoms with Crippen LogP contribution in [-0.4, -0.2) is 22.2 Å². The van der Waals surface area contributed by atoms with Gasteiger partial charge in [-0.25, -0.2) is 0 Å². The summed E-state index contributed by atoms with van der Waals surface area (Å²) in [6.07, 6.45) is 3.27. The van der Waals surface area contributed by atoms with E-state index < -0.39 is 28.2 Å². The van der Waals surface area contributed by atoms with E-state index >= 15 is 0 Å². The van der Waals surface area contributed by atoms with Crippen LogP contribution >= 0.6 is 24.8 Å². The van der Waals surface area contributed by atoms with Crippen LogP contribution in [0.4, 0.5) is 0 Å². The van der Waals surface area contributed by atoms with E-state index in [0.29, 0.717) is 25.7 Å².